The minimum atomic E-state index is -5.13. The fourth-order valence-electron chi connectivity index (χ4n) is 3.64. The van der Waals surface area contributed by atoms with E-state index in [2.05, 4.69) is 14.7 Å². The zero-order valence-corrected chi connectivity index (χ0v) is 18.3. The normalized spacial score (nSPS) is 23.6. The molecule has 0 aromatic heterocycles. The van der Waals surface area contributed by atoms with E-state index in [0.29, 0.717) is 23.7 Å². The van der Waals surface area contributed by atoms with Crippen molar-refractivity contribution in [3.05, 3.63) is 18.2 Å². The van der Waals surface area contributed by atoms with E-state index in [1.54, 1.807) is 4.90 Å². The van der Waals surface area contributed by atoms with Crippen LogP contribution in [0.3, 0.4) is 0 Å². The molecule has 168 valence electrons. The van der Waals surface area contributed by atoms with Crippen molar-refractivity contribution in [1.29, 1.82) is 0 Å². The Morgan fingerprint density at radius 1 is 1.19 bits per heavy atom. The molecule has 3 aliphatic rings. The first-order valence-electron chi connectivity index (χ1n) is 9.40. The highest BCUT2D eigenvalue weighted by Crippen LogP contribution is 2.48. The maximum atomic E-state index is 14.1. The monoisotopic (exact) mass is 476 g/mol. The quantitative estimate of drug-likeness (QED) is 0.606. The van der Waals surface area contributed by atoms with E-state index < -0.39 is 27.6 Å². The SMILES string of the molecule is COC(=O)[C@@]1(C(F)(F)F)N=C2Sc3cc(S(C)(=O)=O)ccc3N2C(N2CCCCC2)=N1. The smallest absolute Gasteiger partial charge is 0.446 e. The number of piperidine rings is 1. The molecular formula is C18H19F3N4O4S2. The molecule has 0 saturated carbocycles. The molecule has 4 rings (SSSR count). The van der Waals surface area contributed by atoms with Gasteiger partial charge in [0.2, 0.25) is 5.96 Å². The maximum absolute atomic E-state index is 14.1. The van der Waals surface area contributed by atoms with E-state index in [4.69, 9.17) is 0 Å². The lowest BCUT2D eigenvalue weighted by Crippen LogP contribution is -2.59. The summed E-state index contributed by atoms with van der Waals surface area (Å²) in [5, 5.41) is -0.112. The Hall–Kier alpha value is -2.28. The molecular weight excluding hydrogens is 457 g/mol. The number of halogens is 3. The summed E-state index contributed by atoms with van der Waals surface area (Å²) in [4.78, 5) is 23.5. The molecule has 8 nitrogen and oxygen atoms in total. The van der Waals surface area contributed by atoms with Crippen LogP contribution in [0.25, 0.3) is 0 Å². The Morgan fingerprint density at radius 3 is 2.45 bits per heavy atom. The summed E-state index contributed by atoms with van der Waals surface area (Å²) in [5.74, 6) is -1.68. The Balaban J connectivity index is 1.91. The van der Waals surface area contributed by atoms with E-state index in [9.17, 15) is 26.4 Å². The van der Waals surface area contributed by atoms with Crippen LogP contribution in [0.2, 0.25) is 0 Å². The number of methoxy groups -OCH3 is 1. The van der Waals surface area contributed by atoms with Crippen molar-refractivity contribution in [2.75, 3.05) is 31.4 Å². The highest BCUT2D eigenvalue weighted by molar-refractivity contribution is 8.15. The van der Waals surface area contributed by atoms with Crippen molar-refractivity contribution in [2.24, 2.45) is 9.98 Å². The van der Waals surface area contributed by atoms with Crippen molar-refractivity contribution >= 4 is 44.4 Å². The average molecular weight is 477 g/mol. The maximum Gasteiger partial charge on any atom is 0.446 e. The summed E-state index contributed by atoms with van der Waals surface area (Å²) in [6, 6.07) is 4.29. The molecule has 0 radical (unpaired) electrons. The number of benzene rings is 1. The molecule has 0 amide bonds. The van der Waals surface area contributed by atoms with Crippen LogP contribution in [0.15, 0.2) is 38.0 Å². The third-order valence-electron chi connectivity index (χ3n) is 5.22. The lowest BCUT2D eigenvalue weighted by Gasteiger charge is -2.39. The first-order chi connectivity index (χ1) is 14.5. The number of sulfone groups is 1. The van der Waals surface area contributed by atoms with Crippen molar-refractivity contribution in [1.82, 2.24) is 4.90 Å². The second kappa shape index (κ2) is 7.40. The highest BCUT2D eigenvalue weighted by atomic mass is 32.2. The predicted molar refractivity (Wildman–Crippen MR) is 109 cm³/mol. The fraction of sp³-hybridized carbons (Fsp3) is 0.500. The third-order valence-corrected chi connectivity index (χ3v) is 7.33. The van der Waals surface area contributed by atoms with Crippen LogP contribution < -0.4 is 4.90 Å². The van der Waals surface area contributed by atoms with Crippen LogP contribution in [0.1, 0.15) is 19.3 Å². The molecule has 13 heteroatoms. The zero-order valence-electron chi connectivity index (χ0n) is 16.6. The summed E-state index contributed by atoms with van der Waals surface area (Å²) < 4.78 is 70.7. The van der Waals surface area contributed by atoms with Crippen LogP contribution in [-0.2, 0) is 19.4 Å². The molecule has 1 aromatic carbocycles. The van der Waals surface area contributed by atoms with Gasteiger partial charge in [-0.25, -0.2) is 23.2 Å². The standard InChI is InChI=1S/C18H19F3N4O4S2/c1-29-14(26)17(18(19,20)21)22-15(24-8-4-3-5-9-24)25-12-7-6-11(31(2,27)28)10-13(12)30-16(25)23-17/h6-7,10H,3-5,8-9H2,1-2H3/t17-/m0/s1. The number of fused-ring (bicyclic) bond motifs is 3. The first-order valence-corrected chi connectivity index (χ1v) is 12.1. The fourth-order valence-corrected chi connectivity index (χ4v) is 5.46. The summed E-state index contributed by atoms with van der Waals surface area (Å²) in [5.41, 5.74) is -2.96. The van der Waals surface area contributed by atoms with Gasteiger partial charge in [0.15, 0.2) is 15.0 Å². The topological polar surface area (TPSA) is 91.6 Å². The predicted octanol–water partition coefficient (Wildman–Crippen LogP) is 2.65. The van der Waals surface area contributed by atoms with Crippen molar-refractivity contribution in [3.63, 3.8) is 0 Å². The van der Waals surface area contributed by atoms with Gasteiger partial charge in [0.1, 0.15) is 0 Å². The van der Waals surface area contributed by atoms with Gasteiger partial charge in [0, 0.05) is 24.2 Å². The van der Waals surface area contributed by atoms with E-state index in [0.717, 1.165) is 44.4 Å². The molecule has 31 heavy (non-hydrogen) atoms. The number of carbonyl (C=O) groups is 1. The van der Waals surface area contributed by atoms with Gasteiger partial charge in [-0.15, -0.1) is 0 Å². The van der Waals surface area contributed by atoms with Crippen LogP contribution in [-0.4, -0.2) is 68.7 Å². The van der Waals surface area contributed by atoms with Gasteiger partial charge in [-0.05, 0) is 49.2 Å². The zero-order chi connectivity index (χ0) is 22.6. The van der Waals surface area contributed by atoms with Gasteiger partial charge in [0.25, 0.3) is 0 Å². The molecule has 1 aromatic rings. The minimum Gasteiger partial charge on any atom is -0.465 e. The number of rotatable bonds is 2. The van der Waals surface area contributed by atoms with Gasteiger partial charge >= 0.3 is 17.8 Å². The number of ether oxygens (including phenoxy) is 1. The number of anilines is 1. The average Bonchev–Trinajstić information content (AvgIpc) is 3.09. The number of aliphatic imine (C=N–C) groups is 2. The third kappa shape index (κ3) is 3.56. The first kappa shape index (κ1) is 21.9. The second-order valence-corrected chi connectivity index (χ2v) is 10.4. The number of guanidine groups is 1. The summed E-state index contributed by atoms with van der Waals surface area (Å²) >= 11 is 0.861. The molecule has 1 saturated heterocycles. The Labute approximate surface area is 181 Å². The number of alkyl halides is 3. The molecule has 0 N–H and O–H groups in total. The number of esters is 1. The van der Waals surface area contributed by atoms with Crippen molar-refractivity contribution in [3.8, 4) is 0 Å². The van der Waals surface area contributed by atoms with Crippen molar-refractivity contribution < 1.29 is 31.1 Å². The lowest BCUT2D eigenvalue weighted by atomic mass is 10.1. The Kier molecular flexibility index (Phi) is 5.23. The molecule has 0 unspecified atom stereocenters. The molecule has 3 heterocycles. The van der Waals surface area contributed by atoms with Gasteiger partial charge in [0.05, 0.1) is 17.7 Å². The largest absolute Gasteiger partial charge is 0.465 e. The van der Waals surface area contributed by atoms with E-state index in [-0.39, 0.29) is 16.0 Å². The summed E-state index contributed by atoms with van der Waals surface area (Å²) in [6.07, 6.45) is -1.61. The Morgan fingerprint density at radius 2 is 1.87 bits per heavy atom. The van der Waals surface area contributed by atoms with E-state index in [1.165, 1.54) is 23.1 Å². The van der Waals surface area contributed by atoms with Crippen LogP contribution in [0, 0.1) is 0 Å². The Bertz CT molecular complexity index is 1100. The van der Waals surface area contributed by atoms with Crippen LogP contribution in [0.5, 0.6) is 0 Å². The minimum absolute atomic E-state index is 0.0331. The highest BCUT2D eigenvalue weighted by Gasteiger charge is 2.66. The lowest BCUT2D eigenvalue weighted by molar-refractivity contribution is -0.201. The van der Waals surface area contributed by atoms with Crippen LogP contribution >= 0.6 is 11.8 Å². The van der Waals surface area contributed by atoms with Gasteiger partial charge in [-0.1, -0.05) is 0 Å². The molecule has 0 bridgehead atoms. The van der Waals surface area contributed by atoms with Gasteiger partial charge in [-0.2, -0.15) is 13.2 Å². The summed E-state index contributed by atoms with van der Waals surface area (Å²) in [7, 11) is -2.67. The van der Waals surface area contributed by atoms with E-state index in [1.807, 2.05) is 0 Å². The number of hydrogen-bond donors (Lipinski definition) is 0. The van der Waals surface area contributed by atoms with Gasteiger partial charge < -0.3 is 9.64 Å². The molecule has 0 spiro atoms. The number of nitrogens with zero attached hydrogens (tertiary/aromatic N) is 4. The van der Waals surface area contributed by atoms with Crippen molar-refractivity contribution in [2.45, 2.75) is 40.9 Å². The molecule has 0 aliphatic carbocycles. The molecule has 1 fully saturated rings. The summed E-state index contributed by atoms with van der Waals surface area (Å²) in [6.45, 7) is 0.943. The van der Waals surface area contributed by atoms with Crippen LogP contribution in [0.4, 0.5) is 18.9 Å². The number of amidine groups is 1. The van der Waals surface area contributed by atoms with E-state index >= 15 is 0 Å². The number of likely N-dealkylation sites (tertiary alicyclic amines) is 1. The number of carbonyl (C=O) groups excluding carboxylic acids is 1. The number of hydrogen-bond acceptors (Lipinski definition) is 9. The molecule has 3 aliphatic heterocycles. The molecule has 1 atom stereocenters. The second-order valence-electron chi connectivity index (χ2n) is 7.35. The van der Waals surface area contributed by atoms with Gasteiger partial charge in [-0.3, -0.25) is 4.90 Å². The number of thioether (sulfide) groups is 1.